The maximum Gasteiger partial charge on any atom is 0.422 e. The number of nitrogens with one attached hydrogen (secondary N) is 2. The molecule has 0 aromatic heterocycles. The van der Waals surface area contributed by atoms with E-state index >= 15 is 0 Å². The summed E-state index contributed by atoms with van der Waals surface area (Å²) in [5.74, 6) is 0.873. The van der Waals surface area contributed by atoms with Gasteiger partial charge in [-0.2, -0.15) is 13.2 Å². The van der Waals surface area contributed by atoms with Gasteiger partial charge in [-0.1, -0.05) is 19.1 Å². The molecule has 0 saturated heterocycles. The second-order valence-corrected chi connectivity index (χ2v) is 5.30. The standard InChI is InChI=1S/C16H25F3N4O.HI/c1-4-23(3)10-9-21-15(20-2)22-11-13-5-7-14(8-6-13)24-12-16(17,18)19;/h5-8H,4,9-12H2,1-3H3,(H2,20,21,22);1H. The molecule has 0 atom stereocenters. The van der Waals surface area contributed by atoms with E-state index in [-0.39, 0.29) is 29.7 Å². The van der Waals surface area contributed by atoms with Crippen molar-refractivity contribution in [2.75, 3.05) is 40.3 Å². The molecule has 0 spiro atoms. The van der Waals surface area contributed by atoms with Gasteiger partial charge in [-0.05, 0) is 31.3 Å². The second kappa shape index (κ2) is 12.2. The van der Waals surface area contributed by atoms with E-state index in [0.29, 0.717) is 12.5 Å². The molecule has 0 bridgehead atoms. The lowest BCUT2D eigenvalue weighted by atomic mass is 10.2. The zero-order chi connectivity index (χ0) is 18.0. The van der Waals surface area contributed by atoms with Gasteiger partial charge in [0.2, 0.25) is 0 Å². The maximum atomic E-state index is 12.1. The summed E-state index contributed by atoms with van der Waals surface area (Å²) in [6.45, 7) is 3.98. The number of rotatable bonds is 8. The molecule has 25 heavy (non-hydrogen) atoms. The summed E-state index contributed by atoms with van der Waals surface area (Å²) in [6, 6.07) is 6.48. The van der Waals surface area contributed by atoms with Crippen molar-refractivity contribution in [2.24, 2.45) is 4.99 Å². The minimum absolute atomic E-state index is 0. The lowest BCUT2D eigenvalue weighted by Crippen LogP contribution is -2.40. The van der Waals surface area contributed by atoms with Crippen LogP contribution in [0.4, 0.5) is 13.2 Å². The Morgan fingerprint density at radius 1 is 1.20 bits per heavy atom. The van der Waals surface area contributed by atoms with Gasteiger partial charge in [-0.15, -0.1) is 24.0 Å². The Hall–Kier alpha value is -1.23. The van der Waals surface area contributed by atoms with Crippen LogP contribution in [0.15, 0.2) is 29.3 Å². The number of hydrogen-bond acceptors (Lipinski definition) is 3. The average Bonchev–Trinajstić information content (AvgIpc) is 2.56. The van der Waals surface area contributed by atoms with Crippen molar-refractivity contribution in [3.63, 3.8) is 0 Å². The summed E-state index contributed by atoms with van der Waals surface area (Å²) in [5, 5.41) is 6.35. The predicted molar refractivity (Wildman–Crippen MR) is 105 cm³/mol. The van der Waals surface area contributed by atoms with Crippen LogP contribution in [0.25, 0.3) is 0 Å². The SMILES string of the molecule is CCN(C)CCNC(=NC)NCc1ccc(OCC(F)(F)F)cc1.I. The molecule has 1 aromatic rings. The lowest BCUT2D eigenvalue weighted by Gasteiger charge is -2.16. The Labute approximate surface area is 164 Å². The average molecular weight is 474 g/mol. The summed E-state index contributed by atoms with van der Waals surface area (Å²) in [5.41, 5.74) is 0.919. The molecule has 9 heteroatoms. The molecule has 0 unspecified atom stereocenters. The fourth-order valence-corrected chi connectivity index (χ4v) is 1.80. The first kappa shape index (κ1) is 23.8. The molecule has 5 nitrogen and oxygen atoms in total. The molecule has 0 saturated carbocycles. The molecule has 0 heterocycles. The maximum absolute atomic E-state index is 12.1. The molecule has 0 fully saturated rings. The van der Waals surface area contributed by atoms with E-state index in [1.165, 1.54) is 12.1 Å². The van der Waals surface area contributed by atoms with Crippen molar-refractivity contribution in [2.45, 2.75) is 19.6 Å². The van der Waals surface area contributed by atoms with Gasteiger partial charge in [0.15, 0.2) is 12.6 Å². The minimum Gasteiger partial charge on any atom is -0.484 e. The fraction of sp³-hybridized carbons (Fsp3) is 0.562. The van der Waals surface area contributed by atoms with Gasteiger partial charge in [0, 0.05) is 26.7 Å². The molecule has 144 valence electrons. The van der Waals surface area contributed by atoms with Crippen LogP contribution in [-0.2, 0) is 6.54 Å². The Balaban J connectivity index is 0.00000576. The molecular formula is C16H26F3IN4O. The first-order valence-corrected chi connectivity index (χ1v) is 7.75. The molecule has 0 aliphatic rings. The van der Waals surface area contributed by atoms with Crippen molar-refractivity contribution in [1.29, 1.82) is 0 Å². The number of guanidine groups is 1. The van der Waals surface area contributed by atoms with E-state index < -0.39 is 12.8 Å². The highest BCUT2D eigenvalue weighted by molar-refractivity contribution is 14.0. The Bertz CT molecular complexity index is 509. The van der Waals surface area contributed by atoms with E-state index in [1.54, 1.807) is 19.2 Å². The molecule has 1 rings (SSSR count). The summed E-state index contributed by atoms with van der Waals surface area (Å²) in [7, 11) is 3.73. The Morgan fingerprint density at radius 2 is 1.84 bits per heavy atom. The number of hydrogen-bond donors (Lipinski definition) is 2. The quantitative estimate of drug-likeness (QED) is 0.346. The Morgan fingerprint density at radius 3 is 2.36 bits per heavy atom. The van der Waals surface area contributed by atoms with E-state index in [4.69, 9.17) is 0 Å². The summed E-state index contributed by atoms with van der Waals surface area (Å²) in [6.07, 6.45) is -4.33. The molecule has 0 amide bonds. The van der Waals surface area contributed by atoms with Crippen LogP contribution < -0.4 is 15.4 Å². The zero-order valence-electron chi connectivity index (χ0n) is 14.7. The van der Waals surface area contributed by atoms with Crippen molar-refractivity contribution < 1.29 is 17.9 Å². The van der Waals surface area contributed by atoms with Crippen LogP contribution in [0.3, 0.4) is 0 Å². The summed E-state index contributed by atoms with van der Waals surface area (Å²) < 4.78 is 40.9. The molecule has 0 aliphatic heterocycles. The van der Waals surface area contributed by atoms with Crippen molar-refractivity contribution in [3.05, 3.63) is 29.8 Å². The molecular weight excluding hydrogens is 448 g/mol. The predicted octanol–water partition coefficient (Wildman–Crippen LogP) is 2.86. The number of likely N-dealkylation sites (N-methyl/N-ethyl adjacent to an activating group) is 1. The van der Waals surface area contributed by atoms with Gasteiger partial charge in [0.25, 0.3) is 0 Å². The largest absolute Gasteiger partial charge is 0.484 e. The van der Waals surface area contributed by atoms with Gasteiger partial charge >= 0.3 is 6.18 Å². The third-order valence-corrected chi connectivity index (χ3v) is 3.34. The van der Waals surface area contributed by atoms with Crippen molar-refractivity contribution in [3.8, 4) is 5.75 Å². The highest BCUT2D eigenvalue weighted by atomic mass is 127. The number of aliphatic imine (C=N–C) groups is 1. The third-order valence-electron chi connectivity index (χ3n) is 3.34. The number of alkyl halides is 3. The van der Waals surface area contributed by atoms with Crippen LogP contribution >= 0.6 is 24.0 Å². The molecule has 0 aliphatic carbocycles. The second-order valence-electron chi connectivity index (χ2n) is 5.30. The van der Waals surface area contributed by atoms with Crippen LogP contribution in [0.1, 0.15) is 12.5 Å². The van der Waals surface area contributed by atoms with Crippen molar-refractivity contribution in [1.82, 2.24) is 15.5 Å². The van der Waals surface area contributed by atoms with E-state index in [9.17, 15) is 13.2 Å². The number of benzene rings is 1. The number of nitrogens with zero attached hydrogens (tertiary/aromatic N) is 2. The summed E-state index contributed by atoms with van der Waals surface area (Å²) in [4.78, 5) is 6.31. The monoisotopic (exact) mass is 474 g/mol. The number of ether oxygens (including phenoxy) is 1. The highest BCUT2D eigenvalue weighted by Gasteiger charge is 2.28. The Kier molecular flexibility index (Phi) is 11.6. The first-order chi connectivity index (χ1) is 11.3. The van der Waals surface area contributed by atoms with Crippen LogP contribution in [0.5, 0.6) is 5.75 Å². The lowest BCUT2D eigenvalue weighted by molar-refractivity contribution is -0.153. The zero-order valence-corrected chi connectivity index (χ0v) is 17.0. The molecule has 0 radical (unpaired) electrons. The number of halogens is 4. The summed E-state index contributed by atoms with van der Waals surface area (Å²) >= 11 is 0. The topological polar surface area (TPSA) is 48.9 Å². The normalized spacial score (nSPS) is 11.9. The first-order valence-electron chi connectivity index (χ1n) is 7.75. The van der Waals surface area contributed by atoms with Crippen molar-refractivity contribution >= 4 is 29.9 Å². The van der Waals surface area contributed by atoms with Crippen LogP contribution in [-0.4, -0.2) is 57.4 Å². The van der Waals surface area contributed by atoms with Gasteiger partial charge in [-0.3, -0.25) is 4.99 Å². The van der Waals surface area contributed by atoms with E-state index in [1.807, 2.05) is 7.05 Å². The minimum atomic E-state index is -4.33. The molecule has 2 N–H and O–H groups in total. The fourth-order valence-electron chi connectivity index (χ4n) is 1.80. The van der Waals surface area contributed by atoms with Gasteiger partial charge in [0.05, 0.1) is 0 Å². The smallest absolute Gasteiger partial charge is 0.422 e. The van der Waals surface area contributed by atoms with Gasteiger partial charge in [-0.25, -0.2) is 0 Å². The van der Waals surface area contributed by atoms with Gasteiger partial charge < -0.3 is 20.3 Å². The molecule has 1 aromatic carbocycles. The third kappa shape index (κ3) is 11.1. The van der Waals surface area contributed by atoms with E-state index in [2.05, 4.69) is 32.2 Å². The van der Waals surface area contributed by atoms with Gasteiger partial charge in [0.1, 0.15) is 5.75 Å². The highest BCUT2D eigenvalue weighted by Crippen LogP contribution is 2.18. The van der Waals surface area contributed by atoms with Crippen LogP contribution in [0, 0.1) is 0 Å². The van der Waals surface area contributed by atoms with E-state index in [0.717, 1.165) is 25.2 Å². The van der Waals surface area contributed by atoms with Crippen LogP contribution in [0.2, 0.25) is 0 Å².